The highest BCUT2D eigenvalue weighted by atomic mass is 32.2. The van der Waals surface area contributed by atoms with Gasteiger partial charge in [-0.3, -0.25) is 4.68 Å². The number of hydrogen-bond donors (Lipinski definition) is 1. The number of halogens is 1. The molecule has 2 aromatic rings. The van der Waals surface area contributed by atoms with Crippen LogP contribution in [0.1, 0.15) is 12.5 Å². The third-order valence-electron chi connectivity index (χ3n) is 2.90. The van der Waals surface area contributed by atoms with E-state index in [1.165, 1.54) is 11.8 Å². The van der Waals surface area contributed by atoms with Crippen molar-refractivity contribution in [2.24, 2.45) is 7.05 Å². The number of hydrogen-bond acceptors (Lipinski definition) is 3. The Morgan fingerprint density at radius 2 is 2.21 bits per heavy atom. The summed E-state index contributed by atoms with van der Waals surface area (Å²) in [6, 6.07) is 5.29. The highest BCUT2D eigenvalue weighted by molar-refractivity contribution is 7.98. The summed E-state index contributed by atoms with van der Waals surface area (Å²) in [7, 11) is 1.88. The van der Waals surface area contributed by atoms with E-state index in [0.29, 0.717) is 4.90 Å². The summed E-state index contributed by atoms with van der Waals surface area (Å²) in [5.41, 5.74) is 2.75. The summed E-state index contributed by atoms with van der Waals surface area (Å²) in [4.78, 5) is 0.660. The predicted octanol–water partition coefficient (Wildman–Crippen LogP) is 3.06. The van der Waals surface area contributed by atoms with E-state index < -0.39 is 0 Å². The Bertz CT molecular complexity index is 566. The highest BCUT2D eigenvalue weighted by Crippen LogP contribution is 2.27. The van der Waals surface area contributed by atoms with E-state index in [0.717, 1.165) is 29.9 Å². The van der Waals surface area contributed by atoms with Gasteiger partial charge in [0.1, 0.15) is 5.82 Å². The molecule has 0 unspecified atom stereocenters. The van der Waals surface area contributed by atoms with Crippen LogP contribution in [-0.2, 0) is 13.6 Å². The van der Waals surface area contributed by atoms with Crippen molar-refractivity contribution in [1.82, 2.24) is 15.1 Å². The monoisotopic (exact) mass is 279 g/mol. The van der Waals surface area contributed by atoms with Crippen LogP contribution >= 0.6 is 11.8 Å². The largest absolute Gasteiger partial charge is 0.313 e. The molecule has 0 saturated carbocycles. The quantitative estimate of drug-likeness (QED) is 0.853. The van der Waals surface area contributed by atoms with Gasteiger partial charge in [0.05, 0.1) is 5.69 Å². The number of nitrogens with zero attached hydrogens (tertiary/aromatic N) is 2. The number of aromatic nitrogens is 2. The molecule has 19 heavy (non-hydrogen) atoms. The first-order valence-corrected chi connectivity index (χ1v) is 7.45. The van der Waals surface area contributed by atoms with Crippen LogP contribution < -0.4 is 5.32 Å². The number of thioether (sulfide) groups is 1. The van der Waals surface area contributed by atoms with Gasteiger partial charge >= 0.3 is 0 Å². The van der Waals surface area contributed by atoms with Crippen LogP contribution in [0.3, 0.4) is 0 Å². The predicted molar refractivity (Wildman–Crippen MR) is 77.8 cm³/mol. The Balaban J connectivity index is 2.37. The first-order valence-electron chi connectivity index (χ1n) is 6.22. The van der Waals surface area contributed by atoms with Crippen molar-refractivity contribution in [3.05, 3.63) is 35.8 Å². The molecule has 3 nitrogen and oxygen atoms in total. The maximum absolute atomic E-state index is 13.9. The average molecular weight is 279 g/mol. The van der Waals surface area contributed by atoms with Gasteiger partial charge in [-0.05, 0) is 24.9 Å². The summed E-state index contributed by atoms with van der Waals surface area (Å²) in [6.07, 6.45) is 3.84. The van der Waals surface area contributed by atoms with E-state index in [1.807, 2.05) is 25.6 Å². The van der Waals surface area contributed by atoms with Gasteiger partial charge in [0.25, 0.3) is 0 Å². The van der Waals surface area contributed by atoms with Crippen molar-refractivity contribution in [1.29, 1.82) is 0 Å². The van der Waals surface area contributed by atoms with Crippen LogP contribution in [0.15, 0.2) is 29.3 Å². The molecule has 0 radical (unpaired) electrons. The van der Waals surface area contributed by atoms with Gasteiger partial charge in [0.15, 0.2) is 0 Å². The second kappa shape index (κ2) is 6.21. The van der Waals surface area contributed by atoms with E-state index in [9.17, 15) is 4.39 Å². The van der Waals surface area contributed by atoms with Gasteiger partial charge in [-0.15, -0.1) is 11.8 Å². The van der Waals surface area contributed by atoms with Crippen molar-refractivity contribution >= 4 is 11.8 Å². The first-order chi connectivity index (χ1) is 9.15. The molecular formula is C14H18FN3S. The molecule has 0 amide bonds. The van der Waals surface area contributed by atoms with Crippen LogP contribution in [0.2, 0.25) is 0 Å². The summed E-state index contributed by atoms with van der Waals surface area (Å²) < 4.78 is 15.6. The number of benzene rings is 1. The standard InChI is InChI=1S/C14H18FN3S/c1-4-16-8-11-9-18(2)17-14(11)10-5-6-13(19-3)12(15)7-10/h5-7,9,16H,4,8H2,1-3H3. The minimum atomic E-state index is -0.190. The molecule has 5 heteroatoms. The van der Waals surface area contributed by atoms with E-state index in [2.05, 4.69) is 17.3 Å². The summed E-state index contributed by atoms with van der Waals surface area (Å²) in [5.74, 6) is -0.190. The van der Waals surface area contributed by atoms with Crippen molar-refractivity contribution in [3.63, 3.8) is 0 Å². The number of aryl methyl sites for hydroxylation is 1. The zero-order chi connectivity index (χ0) is 13.8. The average Bonchev–Trinajstić information content (AvgIpc) is 2.77. The SMILES string of the molecule is CCNCc1cn(C)nc1-c1ccc(SC)c(F)c1. The molecule has 102 valence electrons. The van der Waals surface area contributed by atoms with Gasteiger partial charge in [0.2, 0.25) is 0 Å². The lowest BCUT2D eigenvalue weighted by molar-refractivity contribution is 0.602. The van der Waals surface area contributed by atoms with E-state index in [-0.39, 0.29) is 5.82 Å². The number of nitrogens with one attached hydrogen (secondary N) is 1. The van der Waals surface area contributed by atoms with Crippen molar-refractivity contribution in [3.8, 4) is 11.3 Å². The minimum Gasteiger partial charge on any atom is -0.313 e. The Kier molecular flexibility index (Phi) is 4.61. The van der Waals surface area contributed by atoms with Gasteiger partial charge in [0, 0.05) is 35.8 Å². The molecule has 1 heterocycles. The Labute approximate surface area is 117 Å². The van der Waals surface area contributed by atoms with Gasteiger partial charge in [-0.1, -0.05) is 13.0 Å². The lowest BCUT2D eigenvalue weighted by Gasteiger charge is -2.05. The molecule has 0 bridgehead atoms. The first kappa shape index (κ1) is 14.1. The molecule has 0 fully saturated rings. The van der Waals surface area contributed by atoms with Gasteiger partial charge in [-0.2, -0.15) is 5.10 Å². The molecule has 0 spiro atoms. The van der Waals surface area contributed by atoms with Crippen molar-refractivity contribution in [2.75, 3.05) is 12.8 Å². The molecule has 0 atom stereocenters. The summed E-state index contributed by atoms with van der Waals surface area (Å²) in [6.45, 7) is 3.70. The molecule has 1 aromatic carbocycles. The molecule has 0 aliphatic heterocycles. The van der Waals surface area contributed by atoms with E-state index in [1.54, 1.807) is 16.8 Å². The Morgan fingerprint density at radius 1 is 1.42 bits per heavy atom. The topological polar surface area (TPSA) is 29.9 Å². The molecule has 0 saturated heterocycles. The van der Waals surface area contributed by atoms with Gasteiger partial charge in [-0.25, -0.2) is 4.39 Å². The third-order valence-corrected chi connectivity index (χ3v) is 3.67. The van der Waals surface area contributed by atoms with Crippen LogP contribution in [0.25, 0.3) is 11.3 Å². The molecule has 2 rings (SSSR count). The number of rotatable bonds is 5. The normalized spacial score (nSPS) is 10.9. The lowest BCUT2D eigenvalue weighted by Crippen LogP contribution is -2.11. The maximum atomic E-state index is 13.9. The van der Waals surface area contributed by atoms with E-state index >= 15 is 0 Å². The molecule has 1 aromatic heterocycles. The van der Waals surface area contributed by atoms with Crippen molar-refractivity contribution in [2.45, 2.75) is 18.4 Å². The fourth-order valence-corrected chi connectivity index (χ4v) is 2.44. The highest BCUT2D eigenvalue weighted by Gasteiger charge is 2.12. The van der Waals surface area contributed by atoms with Crippen LogP contribution in [0.4, 0.5) is 4.39 Å². The van der Waals surface area contributed by atoms with Gasteiger partial charge < -0.3 is 5.32 Å². The minimum absolute atomic E-state index is 0.190. The van der Waals surface area contributed by atoms with Crippen LogP contribution in [-0.4, -0.2) is 22.6 Å². The molecule has 0 aliphatic carbocycles. The second-order valence-corrected chi connectivity index (χ2v) is 5.15. The molecule has 1 N–H and O–H groups in total. The fraction of sp³-hybridized carbons (Fsp3) is 0.357. The maximum Gasteiger partial charge on any atom is 0.137 e. The van der Waals surface area contributed by atoms with Crippen LogP contribution in [0, 0.1) is 5.82 Å². The van der Waals surface area contributed by atoms with Crippen molar-refractivity contribution < 1.29 is 4.39 Å². The smallest absolute Gasteiger partial charge is 0.137 e. The second-order valence-electron chi connectivity index (χ2n) is 4.31. The zero-order valence-electron chi connectivity index (χ0n) is 11.4. The lowest BCUT2D eigenvalue weighted by atomic mass is 10.1. The Morgan fingerprint density at radius 3 is 2.84 bits per heavy atom. The molecule has 0 aliphatic rings. The molecular weight excluding hydrogens is 261 g/mol. The zero-order valence-corrected chi connectivity index (χ0v) is 12.2. The fourth-order valence-electron chi connectivity index (χ4n) is 1.98. The Hall–Kier alpha value is -1.33. The van der Waals surface area contributed by atoms with E-state index in [4.69, 9.17) is 0 Å². The van der Waals surface area contributed by atoms with Crippen LogP contribution in [0.5, 0.6) is 0 Å². The summed E-state index contributed by atoms with van der Waals surface area (Å²) >= 11 is 1.41. The third kappa shape index (κ3) is 3.16. The summed E-state index contributed by atoms with van der Waals surface area (Å²) in [5, 5.41) is 7.71.